The molecule has 4 aliphatic rings. The second kappa shape index (κ2) is 9.78. The third-order valence-electron chi connectivity index (χ3n) is 10.6. The van der Waals surface area contributed by atoms with Gasteiger partial charge in [0.2, 0.25) is 0 Å². The van der Waals surface area contributed by atoms with E-state index in [1.165, 1.54) is 12.3 Å². The Hall–Kier alpha value is -1.74. The number of ether oxygens (including phenoxy) is 1. The molecule has 206 valence electrons. The number of esters is 1. The van der Waals surface area contributed by atoms with Gasteiger partial charge in [0.1, 0.15) is 12.4 Å². The molecule has 0 radical (unpaired) electrons. The number of aliphatic hydroxyl groups is 2. The Bertz CT molecular complexity index is 1070. The van der Waals surface area contributed by atoms with Crippen LogP contribution in [0.2, 0.25) is 0 Å². The maximum Gasteiger partial charge on any atom is 0.361 e. The third-order valence-corrected chi connectivity index (χ3v) is 10.6. The first-order valence-corrected chi connectivity index (χ1v) is 13.5. The number of halogens is 1. The van der Waals surface area contributed by atoms with Crippen molar-refractivity contribution >= 4 is 12.3 Å². The molecule has 1 aromatic rings. The van der Waals surface area contributed by atoms with Crippen molar-refractivity contribution in [2.45, 2.75) is 87.9 Å². The largest absolute Gasteiger partial charge is 1.00 e. The van der Waals surface area contributed by atoms with Crippen molar-refractivity contribution in [1.29, 1.82) is 0 Å². The summed E-state index contributed by atoms with van der Waals surface area (Å²) in [4.78, 5) is 37.6. The predicted molar refractivity (Wildman–Crippen MR) is 130 cm³/mol. The number of fused-ring (bicyclic) bond motifs is 5. The minimum Gasteiger partial charge on any atom is -1.00 e. The summed E-state index contributed by atoms with van der Waals surface area (Å²) >= 11 is 0. The van der Waals surface area contributed by atoms with Gasteiger partial charge in [0.05, 0.1) is 37.0 Å². The number of hydrogen-bond donors (Lipinski definition) is 3. The lowest BCUT2D eigenvalue weighted by molar-refractivity contribution is -0.850. The van der Waals surface area contributed by atoms with Crippen molar-refractivity contribution in [3.05, 3.63) is 34.4 Å². The van der Waals surface area contributed by atoms with E-state index < -0.39 is 28.1 Å². The quantitative estimate of drug-likeness (QED) is 0.301. The zero-order valence-electron chi connectivity index (χ0n) is 22.0. The first-order chi connectivity index (χ1) is 17.0. The van der Waals surface area contributed by atoms with Crippen molar-refractivity contribution in [1.82, 2.24) is 0 Å². The van der Waals surface area contributed by atoms with Crippen LogP contribution in [0.5, 0.6) is 0 Å². The van der Waals surface area contributed by atoms with Crippen molar-refractivity contribution in [2.75, 3.05) is 20.6 Å². The highest BCUT2D eigenvalue weighted by atomic mass is 35.5. The van der Waals surface area contributed by atoms with E-state index in [0.717, 1.165) is 36.0 Å². The Labute approximate surface area is 224 Å². The normalized spacial score (nSPS) is 42.6. The summed E-state index contributed by atoms with van der Waals surface area (Å²) in [5.41, 5.74) is -3.01. The lowest BCUT2D eigenvalue weighted by Crippen LogP contribution is -3.06. The van der Waals surface area contributed by atoms with E-state index in [-0.39, 0.29) is 54.7 Å². The van der Waals surface area contributed by atoms with Gasteiger partial charge in [-0.25, -0.2) is 9.59 Å². The van der Waals surface area contributed by atoms with Crippen molar-refractivity contribution in [2.24, 2.45) is 22.7 Å². The number of carbonyl (C=O) groups is 2. The van der Waals surface area contributed by atoms with Crippen LogP contribution in [0.1, 0.15) is 76.2 Å². The molecule has 4 saturated carbocycles. The van der Waals surface area contributed by atoms with Crippen LogP contribution in [0.15, 0.2) is 27.6 Å². The van der Waals surface area contributed by atoms with Crippen LogP contribution in [0, 0.1) is 22.7 Å². The maximum absolute atomic E-state index is 12.8. The number of quaternary nitrogens is 1. The Morgan fingerprint density at radius 2 is 1.84 bits per heavy atom. The smallest absolute Gasteiger partial charge is 0.361 e. The van der Waals surface area contributed by atoms with Gasteiger partial charge in [0, 0.05) is 17.9 Å². The topological polar surface area (TPSA) is 118 Å². The summed E-state index contributed by atoms with van der Waals surface area (Å²) in [6.45, 7) is 2.40. The molecule has 5 rings (SSSR count). The summed E-state index contributed by atoms with van der Waals surface area (Å²) < 4.78 is 10.9. The second-order valence-corrected chi connectivity index (χ2v) is 12.5. The summed E-state index contributed by atoms with van der Waals surface area (Å²) in [6.07, 6.45) is 7.28. The Morgan fingerprint density at radius 1 is 1.11 bits per heavy atom. The van der Waals surface area contributed by atoms with E-state index in [9.17, 15) is 24.6 Å². The van der Waals surface area contributed by atoms with Crippen molar-refractivity contribution in [3.63, 3.8) is 0 Å². The van der Waals surface area contributed by atoms with Crippen LogP contribution in [0.3, 0.4) is 0 Å². The zero-order valence-corrected chi connectivity index (χ0v) is 22.8. The second-order valence-electron chi connectivity index (χ2n) is 12.5. The van der Waals surface area contributed by atoms with Gasteiger partial charge in [-0.15, -0.1) is 0 Å². The van der Waals surface area contributed by atoms with Gasteiger partial charge in [-0.05, 0) is 80.8 Å². The number of nitrogens with one attached hydrogen (secondary N) is 1. The SMILES string of the molecule is C[NH+](C)CC(=O)OC1CCC2(C=O)C3CCC4(C)C(c5ccc(=O)oc5)CCC4(O)C3CCC2(O)C1.[Cl-]. The standard InChI is InChI=1S/C28H39NO7.ClH/c1-25-10-7-21-22(28(25,34)13-9-20(25)18-4-5-23(31)35-16-18)8-12-27(33)14-19(6-11-26(21,27)17-30)36-24(32)15-29(2)3;/h4-5,16-17,19-22,33-34H,6-15H2,1-3H3;1H. The lowest BCUT2D eigenvalue weighted by atomic mass is 9.41. The van der Waals surface area contributed by atoms with Crippen LogP contribution in [-0.4, -0.2) is 60.4 Å². The molecule has 3 N–H and O–H groups in total. The molecule has 8 unspecified atom stereocenters. The molecule has 0 aromatic carbocycles. The summed E-state index contributed by atoms with van der Waals surface area (Å²) in [5, 5.41) is 24.3. The lowest BCUT2D eigenvalue weighted by Gasteiger charge is -2.65. The molecule has 4 aliphatic carbocycles. The molecule has 9 heteroatoms. The van der Waals surface area contributed by atoms with Crippen molar-refractivity contribution in [3.8, 4) is 0 Å². The van der Waals surface area contributed by atoms with E-state index in [2.05, 4.69) is 6.92 Å². The number of likely N-dealkylation sites (N-methyl/N-ethyl adjacent to an activating group) is 1. The number of carbonyl (C=O) groups excluding carboxylic acids is 2. The average Bonchev–Trinajstić information content (AvgIpc) is 3.09. The summed E-state index contributed by atoms with van der Waals surface area (Å²) in [5.74, 6) is -0.441. The Kier molecular flexibility index (Phi) is 7.47. The maximum atomic E-state index is 12.8. The Balaban J connectivity index is 0.00000320. The van der Waals surface area contributed by atoms with Gasteiger partial charge in [0.25, 0.3) is 0 Å². The van der Waals surface area contributed by atoms with Crippen LogP contribution in [0.4, 0.5) is 0 Å². The molecule has 0 saturated heterocycles. The summed E-state index contributed by atoms with van der Waals surface area (Å²) in [7, 11) is 3.77. The van der Waals surface area contributed by atoms with E-state index in [0.29, 0.717) is 32.1 Å². The van der Waals surface area contributed by atoms with Crippen LogP contribution >= 0.6 is 0 Å². The van der Waals surface area contributed by atoms with E-state index in [1.807, 2.05) is 20.2 Å². The van der Waals surface area contributed by atoms with Gasteiger partial charge in [-0.1, -0.05) is 6.92 Å². The fourth-order valence-electron chi connectivity index (χ4n) is 8.85. The fraction of sp³-hybridized carbons (Fsp3) is 0.750. The average molecular weight is 538 g/mol. The molecule has 37 heavy (non-hydrogen) atoms. The highest BCUT2D eigenvalue weighted by Gasteiger charge is 2.71. The molecule has 0 spiro atoms. The zero-order chi connectivity index (χ0) is 25.9. The number of aldehydes is 1. The highest BCUT2D eigenvalue weighted by Crippen LogP contribution is 2.71. The van der Waals surface area contributed by atoms with E-state index in [1.54, 1.807) is 0 Å². The number of hydrogen-bond acceptors (Lipinski definition) is 7. The highest BCUT2D eigenvalue weighted by molar-refractivity contribution is 5.70. The minimum absolute atomic E-state index is 0. The van der Waals surface area contributed by atoms with E-state index >= 15 is 0 Å². The molecule has 4 fully saturated rings. The molecule has 8 nitrogen and oxygen atoms in total. The molecule has 0 aliphatic heterocycles. The van der Waals surface area contributed by atoms with Gasteiger partial charge in [0.15, 0.2) is 6.54 Å². The molecule has 1 aromatic heterocycles. The molecular weight excluding hydrogens is 498 g/mol. The van der Waals surface area contributed by atoms with E-state index in [4.69, 9.17) is 9.15 Å². The molecule has 0 bridgehead atoms. The van der Waals surface area contributed by atoms with Crippen LogP contribution in [-0.2, 0) is 14.3 Å². The molecule has 0 amide bonds. The molecule has 1 heterocycles. The van der Waals surface area contributed by atoms with Gasteiger partial charge in [-0.2, -0.15) is 0 Å². The first kappa shape index (κ1) is 28.3. The summed E-state index contributed by atoms with van der Waals surface area (Å²) in [6, 6.07) is 3.25. The van der Waals surface area contributed by atoms with Gasteiger partial charge in [-0.3, -0.25) is 0 Å². The predicted octanol–water partition coefficient (Wildman–Crippen LogP) is -1.76. The fourth-order valence-corrected chi connectivity index (χ4v) is 8.85. The molecular formula is C28H40ClNO7. The van der Waals surface area contributed by atoms with Crippen molar-refractivity contribution < 1.29 is 46.3 Å². The van der Waals surface area contributed by atoms with Crippen LogP contribution in [0.25, 0.3) is 0 Å². The van der Waals surface area contributed by atoms with Gasteiger partial charge < -0.3 is 41.5 Å². The Morgan fingerprint density at radius 3 is 2.49 bits per heavy atom. The van der Waals surface area contributed by atoms with Gasteiger partial charge >= 0.3 is 11.6 Å². The minimum atomic E-state index is -1.24. The monoisotopic (exact) mass is 537 g/mol. The number of rotatable bonds is 5. The first-order valence-electron chi connectivity index (χ1n) is 13.5. The molecule has 8 atom stereocenters. The van der Waals surface area contributed by atoms with Crippen LogP contribution < -0.4 is 22.9 Å². The third kappa shape index (κ3) is 4.19.